The molecule has 0 radical (unpaired) electrons. The highest BCUT2D eigenvalue weighted by Crippen LogP contribution is 2.33. The molecular weight excluding hydrogens is 1120 g/mol. The Labute approximate surface area is 522 Å². The van der Waals surface area contributed by atoms with Crippen LogP contribution in [0.15, 0.2) is 60.8 Å². The first-order valence-corrected chi connectivity index (χ1v) is 34.0. The number of aliphatic hydroxyl groups excluding tert-OH is 11. The van der Waals surface area contributed by atoms with E-state index in [0.717, 1.165) is 83.5 Å². The Balaban J connectivity index is 1.47. The number of carbonyl (C=O) groups excluding carboxylic acids is 1. The molecule has 87 heavy (non-hydrogen) atoms. The summed E-state index contributed by atoms with van der Waals surface area (Å²) >= 11 is 0. The van der Waals surface area contributed by atoms with Gasteiger partial charge in [-0.1, -0.05) is 209 Å². The number of amides is 1. The average Bonchev–Trinajstić information content (AvgIpc) is 2.97. The number of allylic oxidation sites excluding steroid dienone is 9. The lowest BCUT2D eigenvalue weighted by Gasteiger charge is -2.48. The highest BCUT2D eigenvalue weighted by Gasteiger charge is 2.53. The molecule has 19 nitrogen and oxygen atoms in total. The van der Waals surface area contributed by atoms with E-state index in [1.807, 2.05) is 6.08 Å². The SMILES string of the molecule is CCCCC/C=C\C/C=C\CCCCCCCCCC(=O)NC(COC1OC(CO)C(OC2OC(CO)C(OC3OC(CO)C(O)C(O)C3O)C(O)C2O)C(O)C1O)C(O)/C=C/CC/C=C/CC/C=C/CCCCCCCCCCCCCCCCC. The lowest BCUT2D eigenvalue weighted by molar-refractivity contribution is -0.379. The molecule has 0 bridgehead atoms. The zero-order valence-electron chi connectivity index (χ0n) is 53.2. The molecule has 0 saturated carbocycles. The molecule has 19 heteroatoms. The molecule has 0 aromatic carbocycles. The number of aliphatic hydroxyl groups is 11. The van der Waals surface area contributed by atoms with Crippen molar-refractivity contribution in [2.24, 2.45) is 0 Å². The van der Waals surface area contributed by atoms with E-state index in [1.165, 1.54) is 116 Å². The van der Waals surface area contributed by atoms with E-state index in [-0.39, 0.29) is 18.9 Å². The minimum atomic E-state index is -1.99. The van der Waals surface area contributed by atoms with Crippen molar-refractivity contribution >= 4 is 5.91 Å². The van der Waals surface area contributed by atoms with Gasteiger partial charge in [0.2, 0.25) is 5.91 Å². The Morgan fingerprint density at radius 3 is 1.24 bits per heavy atom. The van der Waals surface area contributed by atoms with Gasteiger partial charge in [-0.05, 0) is 77.0 Å². The number of hydrogen-bond acceptors (Lipinski definition) is 18. The van der Waals surface area contributed by atoms with Crippen LogP contribution < -0.4 is 5.32 Å². The molecule has 3 aliphatic heterocycles. The van der Waals surface area contributed by atoms with E-state index in [0.29, 0.717) is 12.8 Å². The summed E-state index contributed by atoms with van der Waals surface area (Å²) in [5, 5.41) is 120. The van der Waals surface area contributed by atoms with E-state index in [2.05, 4.69) is 67.8 Å². The number of nitrogens with one attached hydrogen (secondary N) is 1. The van der Waals surface area contributed by atoms with Crippen molar-refractivity contribution in [1.29, 1.82) is 0 Å². The van der Waals surface area contributed by atoms with E-state index >= 15 is 0 Å². The Kier molecular flexibility index (Phi) is 45.3. The second kappa shape index (κ2) is 50.1. The molecule has 1 amide bonds. The first-order chi connectivity index (χ1) is 42.3. The quantitative estimate of drug-likeness (QED) is 0.0201. The predicted octanol–water partition coefficient (Wildman–Crippen LogP) is 8.38. The third kappa shape index (κ3) is 32.6. The van der Waals surface area contributed by atoms with E-state index in [1.54, 1.807) is 6.08 Å². The lowest BCUT2D eigenvalue weighted by Crippen LogP contribution is -2.66. The van der Waals surface area contributed by atoms with Crippen molar-refractivity contribution in [2.75, 3.05) is 26.4 Å². The number of unbranched alkanes of at least 4 members (excludes halogenated alkanes) is 27. The summed E-state index contributed by atoms with van der Waals surface area (Å²) in [4.78, 5) is 13.4. The minimum Gasteiger partial charge on any atom is -0.394 e. The molecule has 0 aromatic rings. The van der Waals surface area contributed by atoms with E-state index in [9.17, 15) is 61.0 Å². The first kappa shape index (κ1) is 78.7. The van der Waals surface area contributed by atoms with E-state index < -0.39 is 124 Å². The van der Waals surface area contributed by atoms with Crippen molar-refractivity contribution in [1.82, 2.24) is 5.32 Å². The van der Waals surface area contributed by atoms with Gasteiger partial charge in [-0.15, -0.1) is 0 Å². The van der Waals surface area contributed by atoms with Crippen LogP contribution in [0.5, 0.6) is 0 Å². The van der Waals surface area contributed by atoms with Crippen LogP contribution in [-0.4, -0.2) is 193 Å². The number of ether oxygens (including phenoxy) is 6. The first-order valence-electron chi connectivity index (χ1n) is 34.0. The van der Waals surface area contributed by atoms with Crippen LogP contribution in [0.1, 0.15) is 232 Å². The summed E-state index contributed by atoms with van der Waals surface area (Å²) in [6, 6.07) is -1.00. The second-order valence-corrected chi connectivity index (χ2v) is 24.3. The maximum atomic E-state index is 13.4. The van der Waals surface area contributed by atoms with Gasteiger partial charge < -0.3 is 89.9 Å². The van der Waals surface area contributed by atoms with E-state index in [4.69, 9.17) is 28.4 Å². The fourth-order valence-electron chi connectivity index (χ4n) is 11.2. The van der Waals surface area contributed by atoms with Gasteiger partial charge in [-0.3, -0.25) is 4.79 Å². The van der Waals surface area contributed by atoms with Gasteiger partial charge in [0.15, 0.2) is 18.9 Å². The molecule has 17 unspecified atom stereocenters. The van der Waals surface area contributed by atoms with Crippen molar-refractivity contribution in [3.05, 3.63) is 60.8 Å². The number of hydrogen-bond donors (Lipinski definition) is 12. The Morgan fingerprint density at radius 2 is 0.770 bits per heavy atom. The van der Waals surface area contributed by atoms with Crippen LogP contribution in [-0.2, 0) is 33.2 Å². The number of rotatable bonds is 51. The molecule has 3 fully saturated rings. The maximum absolute atomic E-state index is 13.4. The fraction of sp³-hybridized carbons (Fsp3) is 0.838. The molecule has 3 saturated heterocycles. The Hall–Kier alpha value is -2.51. The average molecular weight is 1240 g/mol. The van der Waals surface area contributed by atoms with Gasteiger partial charge in [-0.2, -0.15) is 0 Å². The van der Waals surface area contributed by atoms with Crippen LogP contribution in [0.4, 0.5) is 0 Å². The standard InChI is InChI=1S/C68H121NO18/c1-3-5-7-9-11-13-15-17-19-21-22-23-24-25-26-27-28-30-31-33-35-37-39-41-43-45-52(73)51(69-56(74)46-44-42-40-38-36-34-32-29-20-18-16-14-12-10-8-6-4-2)50-82-66-62(80)59(77)64(54(48-71)84-66)87-68-63(81)60(78)65(55(49-72)85-68)86-67-61(79)58(76)57(75)53(47-70)83-67/h12,14,18,20,28,30,35,37,43,45,51-55,57-68,70-73,75-81H,3-11,13,15-17,19,21-27,29,31-34,36,38-42,44,46-50H2,1-2H3,(H,69,74)/b14-12-,20-18-,30-28+,37-35+,45-43+. The molecule has 17 atom stereocenters. The van der Waals surface area contributed by atoms with Crippen LogP contribution in [0, 0.1) is 0 Å². The van der Waals surface area contributed by atoms with Gasteiger partial charge in [0.1, 0.15) is 73.2 Å². The van der Waals surface area contributed by atoms with Crippen molar-refractivity contribution < 1.29 is 89.4 Å². The third-order valence-electron chi connectivity index (χ3n) is 16.8. The van der Waals surface area contributed by atoms with Crippen LogP contribution in [0.25, 0.3) is 0 Å². The van der Waals surface area contributed by atoms with Gasteiger partial charge in [-0.25, -0.2) is 0 Å². The molecule has 0 aliphatic carbocycles. The normalized spacial score (nSPS) is 29.0. The molecule has 12 N–H and O–H groups in total. The van der Waals surface area contributed by atoms with Crippen molar-refractivity contribution in [3.8, 4) is 0 Å². The Morgan fingerprint density at radius 1 is 0.414 bits per heavy atom. The third-order valence-corrected chi connectivity index (χ3v) is 16.8. The highest BCUT2D eigenvalue weighted by atomic mass is 16.8. The molecule has 3 heterocycles. The molecular formula is C68H121NO18. The topological polar surface area (TPSA) is 307 Å². The summed E-state index contributed by atoms with van der Waals surface area (Å²) < 4.78 is 34.3. The predicted molar refractivity (Wildman–Crippen MR) is 337 cm³/mol. The number of carbonyl (C=O) groups is 1. The van der Waals surface area contributed by atoms with Crippen LogP contribution >= 0.6 is 0 Å². The minimum absolute atomic E-state index is 0.221. The lowest BCUT2D eigenvalue weighted by atomic mass is 9.96. The summed E-state index contributed by atoms with van der Waals surface area (Å²) in [5.74, 6) is -0.299. The van der Waals surface area contributed by atoms with Gasteiger partial charge in [0.25, 0.3) is 0 Å². The van der Waals surface area contributed by atoms with Crippen molar-refractivity contribution in [3.63, 3.8) is 0 Å². The van der Waals surface area contributed by atoms with Gasteiger partial charge >= 0.3 is 0 Å². The zero-order valence-corrected chi connectivity index (χ0v) is 53.2. The van der Waals surface area contributed by atoms with Crippen LogP contribution in [0.2, 0.25) is 0 Å². The smallest absolute Gasteiger partial charge is 0.220 e. The summed E-state index contributed by atoms with van der Waals surface area (Å²) in [5.41, 5.74) is 0. The largest absolute Gasteiger partial charge is 0.394 e. The monoisotopic (exact) mass is 1240 g/mol. The van der Waals surface area contributed by atoms with Gasteiger partial charge in [0, 0.05) is 6.42 Å². The van der Waals surface area contributed by atoms with Crippen molar-refractivity contribution in [2.45, 2.75) is 336 Å². The zero-order chi connectivity index (χ0) is 63.3. The molecule has 506 valence electrons. The van der Waals surface area contributed by atoms with Crippen LogP contribution in [0.3, 0.4) is 0 Å². The molecule has 0 aromatic heterocycles. The molecule has 3 rings (SSSR count). The maximum Gasteiger partial charge on any atom is 0.220 e. The summed E-state index contributed by atoms with van der Waals surface area (Å²) in [7, 11) is 0. The Bertz CT molecular complexity index is 1820. The highest BCUT2D eigenvalue weighted by molar-refractivity contribution is 5.76. The summed E-state index contributed by atoms with van der Waals surface area (Å²) in [6.07, 6.45) is 33.4. The van der Waals surface area contributed by atoms with Gasteiger partial charge in [0.05, 0.1) is 38.6 Å². The summed E-state index contributed by atoms with van der Waals surface area (Å²) in [6.45, 7) is 1.68. The second-order valence-electron chi connectivity index (χ2n) is 24.3. The molecule has 3 aliphatic rings. The molecule has 0 spiro atoms. The fourth-order valence-corrected chi connectivity index (χ4v) is 11.2.